The van der Waals surface area contributed by atoms with Gasteiger partial charge in [0.15, 0.2) is 0 Å². The summed E-state index contributed by atoms with van der Waals surface area (Å²) >= 11 is 1.99. The molecule has 0 aliphatic carbocycles. The first kappa shape index (κ1) is 11.6. The minimum atomic E-state index is -0.0180. The van der Waals surface area contributed by atoms with Gasteiger partial charge in [0.25, 0.3) is 0 Å². The largest absolute Gasteiger partial charge is 0.371 e. The third-order valence-electron chi connectivity index (χ3n) is 3.70. The van der Waals surface area contributed by atoms with Crippen molar-refractivity contribution in [2.24, 2.45) is 0 Å². The Morgan fingerprint density at radius 1 is 1.71 bits per heavy atom. The highest BCUT2D eigenvalue weighted by atomic mass is 32.2. The van der Waals surface area contributed by atoms with Crippen LogP contribution in [0, 0.1) is 0 Å². The summed E-state index contributed by atoms with van der Waals surface area (Å²) in [4.78, 5) is 4.54. The Hall–Kier alpha value is -0.520. The second kappa shape index (κ2) is 4.63. The van der Waals surface area contributed by atoms with Gasteiger partial charge >= 0.3 is 0 Å². The minimum Gasteiger partial charge on any atom is -0.371 e. The number of morpholine rings is 1. The second-order valence-electron chi connectivity index (χ2n) is 4.73. The van der Waals surface area contributed by atoms with Gasteiger partial charge in [0.2, 0.25) is 0 Å². The Kier molecular flexibility index (Phi) is 3.15. The first-order valence-corrected chi connectivity index (χ1v) is 7.46. The van der Waals surface area contributed by atoms with Crippen LogP contribution in [0.5, 0.6) is 0 Å². The van der Waals surface area contributed by atoms with Gasteiger partial charge in [-0.1, -0.05) is 0 Å². The number of aromatic nitrogens is 2. The van der Waals surface area contributed by atoms with Gasteiger partial charge in [-0.15, -0.1) is 0 Å². The van der Waals surface area contributed by atoms with E-state index in [-0.39, 0.29) is 11.6 Å². The van der Waals surface area contributed by atoms with E-state index in [9.17, 15) is 0 Å². The summed E-state index contributed by atoms with van der Waals surface area (Å²) in [6, 6.07) is 0.263. The van der Waals surface area contributed by atoms with Gasteiger partial charge in [-0.3, -0.25) is 0 Å². The zero-order valence-corrected chi connectivity index (χ0v) is 11.0. The Bertz CT molecular complexity index is 387. The average molecular weight is 253 g/mol. The van der Waals surface area contributed by atoms with E-state index in [1.54, 1.807) is 0 Å². The number of nitrogens with one attached hydrogen (secondary N) is 1. The molecule has 0 radical (unpaired) electrons. The summed E-state index contributed by atoms with van der Waals surface area (Å²) < 4.78 is 8.23. The van der Waals surface area contributed by atoms with Crippen LogP contribution in [0.2, 0.25) is 0 Å². The van der Waals surface area contributed by atoms with Crippen LogP contribution in [0.25, 0.3) is 0 Å². The van der Waals surface area contributed by atoms with Crippen LogP contribution in [-0.4, -0.2) is 39.8 Å². The Morgan fingerprint density at radius 2 is 2.65 bits per heavy atom. The highest BCUT2D eigenvalue weighted by molar-refractivity contribution is 7.99. The Morgan fingerprint density at radius 3 is 3.35 bits per heavy atom. The number of imidazole rings is 1. The van der Waals surface area contributed by atoms with E-state index in [0.29, 0.717) is 0 Å². The predicted octanol–water partition coefficient (Wildman–Crippen LogP) is 1.44. The summed E-state index contributed by atoms with van der Waals surface area (Å²) in [5.41, 5.74) is 1.12. The second-order valence-corrected chi connectivity index (χ2v) is 5.84. The standard InChI is InChI=1S/C12H19N3OS/c1-2-15-7-10(14-9-15)11-12(3-6-17-8-12)16-5-4-13-11/h7,9,11,13H,2-6,8H2,1H3. The fourth-order valence-corrected chi connectivity index (χ4v) is 4.08. The van der Waals surface area contributed by atoms with Crippen molar-refractivity contribution in [2.75, 3.05) is 24.7 Å². The molecule has 2 aliphatic rings. The zero-order valence-electron chi connectivity index (χ0n) is 10.2. The summed E-state index contributed by atoms with van der Waals surface area (Å²) in [6.45, 7) is 4.86. The van der Waals surface area contributed by atoms with Crippen LogP contribution >= 0.6 is 11.8 Å². The molecule has 3 heterocycles. The SMILES string of the molecule is CCn1cnc(C2NCCOC23CCSC3)c1. The molecule has 0 bridgehead atoms. The molecule has 0 aromatic carbocycles. The van der Waals surface area contributed by atoms with E-state index in [1.165, 1.54) is 5.75 Å². The van der Waals surface area contributed by atoms with E-state index in [1.807, 2.05) is 18.1 Å². The van der Waals surface area contributed by atoms with E-state index >= 15 is 0 Å². The maximum absolute atomic E-state index is 6.10. The number of aryl methyl sites for hydroxylation is 1. The van der Waals surface area contributed by atoms with Gasteiger partial charge in [-0.2, -0.15) is 11.8 Å². The Balaban J connectivity index is 1.88. The average Bonchev–Trinajstić information content (AvgIpc) is 3.00. The lowest BCUT2D eigenvalue weighted by atomic mass is 9.89. The van der Waals surface area contributed by atoms with Crippen molar-refractivity contribution < 1.29 is 4.74 Å². The fourth-order valence-electron chi connectivity index (χ4n) is 2.70. The molecule has 0 saturated carbocycles. The molecule has 2 fully saturated rings. The smallest absolute Gasteiger partial charge is 0.0990 e. The minimum absolute atomic E-state index is 0.0180. The third-order valence-corrected chi connectivity index (χ3v) is 4.88. The first-order valence-electron chi connectivity index (χ1n) is 6.31. The van der Waals surface area contributed by atoms with Crippen molar-refractivity contribution in [3.05, 3.63) is 18.2 Å². The molecule has 94 valence electrons. The molecule has 17 heavy (non-hydrogen) atoms. The molecular weight excluding hydrogens is 234 g/mol. The topological polar surface area (TPSA) is 39.1 Å². The first-order chi connectivity index (χ1) is 8.34. The van der Waals surface area contributed by atoms with Crippen molar-refractivity contribution in [2.45, 2.75) is 31.5 Å². The molecule has 2 unspecified atom stereocenters. The number of hydrogen-bond acceptors (Lipinski definition) is 4. The van der Waals surface area contributed by atoms with Crippen LogP contribution < -0.4 is 5.32 Å². The van der Waals surface area contributed by atoms with Crippen LogP contribution in [0.1, 0.15) is 25.1 Å². The normalized spacial score (nSPS) is 33.4. The van der Waals surface area contributed by atoms with Crippen molar-refractivity contribution in [3.63, 3.8) is 0 Å². The lowest BCUT2D eigenvalue weighted by molar-refractivity contribution is -0.0805. The van der Waals surface area contributed by atoms with Gasteiger partial charge in [0, 0.05) is 25.0 Å². The van der Waals surface area contributed by atoms with Crippen molar-refractivity contribution in [3.8, 4) is 0 Å². The number of ether oxygens (including phenoxy) is 1. The highest BCUT2D eigenvalue weighted by Gasteiger charge is 2.46. The Labute approximate surface area is 106 Å². The number of thioether (sulfide) groups is 1. The molecule has 2 saturated heterocycles. The van der Waals surface area contributed by atoms with Gasteiger partial charge in [0.05, 0.1) is 30.3 Å². The van der Waals surface area contributed by atoms with Crippen LogP contribution in [-0.2, 0) is 11.3 Å². The number of hydrogen-bond donors (Lipinski definition) is 1. The molecule has 2 aliphatic heterocycles. The van der Waals surface area contributed by atoms with Gasteiger partial charge in [-0.05, 0) is 19.1 Å². The number of nitrogens with zero attached hydrogens (tertiary/aromatic N) is 2. The maximum atomic E-state index is 6.10. The van der Waals surface area contributed by atoms with Gasteiger partial charge in [0.1, 0.15) is 0 Å². The molecule has 1 aromatic rings. The van der Waals surface area contributed by atoms with Crippen molar-refractivity contribution in [1.82, 2.24) is 14.9 Å². The molecule has 1 N–H and O–H groups in total. The highest BCUT2D eigenvalue weighted by Crippen LogP contribution is 2.42. The van der Waals surface area contributed by atoms with Crippen LogP contribution in [0.15, 0.2) is 12.5 Å². The fraction of sp³-hybridized carbons (Fsp3) is 0.750. The predicted molar refractivity (Wildman–Crippen MR) is 69.3 cm³/mol. The molecule has 1 spiro atoms. The number of rotatable bonds is 2. The molecule has 1 aromatic heterocycles. The zero-order chi connectivity index (χ0) is 11.7. The lowest BCUT2D eigenvalue weighted by Gasteiger charge is -2.40. The molecule has 2 atom stereocenters. The molecule has 5 heteroatoms. The van der Waals surface area contributed by atoms with E-state index < -0.39 is 0 Å². The molecule has 3 rings (SSSR count). The van der Waals surface area contributed by atoms with E-state index in [2.05, 4.69) is 28.0 Å². The summed E-state index contributed by atoms with van der Waals surface area (Å²) in [6.07, 6.45) is 5.20. The maximum Gasteiger partial charge on any atom is 0.0990 e. The monoisotopic (exact) mass is 253 g/mol. The van der Waals surface area contributed by atoms with E-state index in [0.717, 1.165) is 37.6 Å². The van der Waals surface area contributed by atoms with Gasteiger partial charge < -0.3 is 14.6 Å². The lowest BCUT2D eigenvalue weighted by Crippen LogP contribution is -2.52. The summed E-state index contributed by atoms with van der Waals surface area (Å²) in [5, 5.41) is 3.59. The van der Waals surface area contributed by atoms with Crippen molar-refractivity contribution in [1.29, 1.82) is 0 Å². The molecule has 4 nitrogen and oxygen atoms in total. The van der Waals surface area contributed by atoms with Crippen LogP contribution in [0.4, 0.5) is 0 Å². The van der Waals surface area contributed by atoms with Crippen molar-refractivity contribution >= 4 is 11.8 Å². The third kappa shape index (κ3) is 2.00. The van der Waals surface area contributed by atoms with Gasteiger partial charge in [-0.25, -0.2) is 4.98 Å². The van der Waals surface area contributed by atoms with E-state index in [4.69, 9.17) is 4.74 Å². The summed E-state index contributed by atoms with van der Waals surface area (Å²) in [5.74, 6) is 2.29. The van der Waals surface area contributed by atoms with Crippen LogP contribution in [0.3, 0.4) is 0 Å². The summed E-state index contributed by atoms with van der Waals surface area (Å²) in [7, 11) is 0. The quantitative estimate of drug-likeness (QED) is 0.865. The molecular formula is C12H19N3OS. The molecule has 0 amide bonds.